The number of hydrogen-bond acceptors (Lipinski definition) is 4. The third kappa shape index (κ3) is 7.94. The fourth-order valence-electron chi connectivity index (χ4n) is 0.936. The number of rotatable bonds is 7. The Bertz CT molecular complexity index is 227. The molecule has 0 aliphatic carbocycles. The molecule has 0 fully saturated rings. The molecule has 15 heavy (non-hydrogen) atoms. The van der Waals surface area contributed by atoms with Crippen LogP contribution in [0.2, 0.25) is 0 Å². The van der Waals surface area contributed by atoms with E-state index < -0.39 is 13.4 Å². The summed E-state index contributed by atoms with van der Waals surface area (Å²) in [7, 11) is -2.77. The van der Waals surface area contributed by atoms with E-state index in [4.69, 9.17) is 14.2 Å². The first-order valence-corrected chi connectivity index (χ1v) is 6.39. The predicted octanol–water partition coefficient (Wildman–Crippen LogP) is 2.34. The first-order valence-electron chi connectivity index (χ1n) is 4.89. The lowest BCUT2D eigenvalue weighted by molar-refractivity contribution is 0.00561. The predicted molar refractivity (Wildman–Crippen MR) is 57.7 cm³/mol. The van der Waals surface area contributed by atoms with E-state index in [-0.39, 0.29) is 6.10 Å². The molecular weight excluding hydrogens is 219 g/mol. The highest BCUT2D eigenvalue weighted by molar-refractivity contribution is 7.47. The molecule has 0 rings (SSSR count). The van der Waals surface area contributed by atoms with Gasteiger partial charge in [0.2, 0.25) is 0 Å². The van der Waals surface area contributed by atoms with Crippen molar-refractivity contribution in [1.82, 2.24) is 0 Å². The largest absolute Gasteiger partial charge is 0.472 e. The zero-order valence-electron chi connectivity index (χ0n) is 10.0. The lowest BCUT2D eigenvalue weighted by Crippen LogP contribution is -2.26. The van der Waals surface area contributed by atoms with Crippen molar-refractivity contribution in [2.45, 2.75) is 45.8 Å². The van der Waals surface area contributed by atoms with Crippen molar-refractivity contribution in [1.29, 1.82) is 0 Å². The summed E-state index contributed by atoms with van der Waals surface area (Å²) in [5, 5.41) is 0. The molecule has 0 saturated carbocycles. The fraction of sp³-hybridized carbons (Fsp3) is 1.00. The highest BCUT2D eigenvalue weighted by Gasteiger charge is 2.30. The van der Waals surface area contributed by atoms with Gasteiger partial charge >= 0.3 is 7.82 Å². The van der Waals surface area contributed by atoms with Gasteiger partial charge in [-0.2, -0.15) is 0 Å². The number of ether oxygens (including phenoxy) is 1. The number of phosphoric ester groups is 1. The molecule has 0 aliphatic heterocycles. The molecule has 5 nitrogen and oxygen atoms in total. The molecule has 0 spiro atoms. The Morgan fingerprint density at radius 1 is 1.40 bits per heavy atom. The summed E-state index contributed by atoms with van der Waals surface area (Å²) in [5.41, 5.74) is -0.741. The Hall–Kier alpha value is 0.0700. The molecule has 0 radical (unpaired) electrons. The number of hydrogen-bond donors (Lipinski definition) is 1. The van der Waals surface area contributed by atoms with Crippen molar-refractivity contribution < 1.29 is 23.2 Å². The molecule has 0 heterocycles. The maximum absolute atomic E-state index is 11.2. The molecule has 0 aliphatic rings. The first kappa shape index (κ1) is 15.1. The molecule has 0 saturated heterocycles. The summed E-state index contributed by atoms with van der Waals surface area (Å²) in [6.45, 7) is 7.78. The van der Waals surface area contributed by atoms with Crippen LogP contribution in [0.3, 0.4) is 0 Å². The van der Waals surface area contributed by atoms with Crippen LogP contribution in [-0.4, -0.2) is 30.3 Å². The van der Waals surface area contributed by atoms with E-state index in [1.807, 2.05) is 13.8 Å². The Morgan fingerprint density at radius 3 is 2.33 bits per heavy atom. The molecule has 1 unspecified atom stereocenters. The zero-order chi connectivity index (χ0) is 12.1. The minimum atomic E-state index is -3.91. The highest BCUT2D eigenvalue weighted by atomic mass is 31.2. The van der Waals surface area contributed by atoms with Crippen molar-refractivity contribution in [3.63, 3.8) is 0 Å². The lowest BCUT2D eigenvalue weighted by atomic mass is 10.1. The SMILES string of the molecule is COP(=O)(O)OC(C)(C)CCOC(C)C. The van der Waals surface area contributed by atoms with Gasteiger partial charge < -0.3 is 9.63 Å². The first-order chi connectivity index (χ1) is 6.68. The maximum Gasteiger partial charge on any atom is 0.472 e. The van der Waals surface area contributed by atoms with Crippen molar-refractivity contribution in [3.05, 3.63) is 0 Å². The lowest BCUT2D eigenvalue weighted by Gasteiger charge is -2.26. The van der Waals surface area contributed by atoms with E-state index in [0.29, 0.717) is 13.0 Å². The van der Waals surface area contributed by atoms with Crippen LogP contribution in [0.15, 0.2) is 0 Å². The molecular formula is C9H21O5P. The smallest absolute Gasteiger partial charge is 0.379 e. The summed E-state index contributed by atoms with van der Waals surface area (Å²) < 4.78 is 25.8. The van der Waals surface area contributed by atoms with E-state index in [0.717, 1.165) is 7.11 Å². The summed E-state index contributed by atoms with van der Waals surface area (Å²) in [6, 6.07) is 0. The van der Waals surface area contributed by atoms with Crippen molar-refractivity contribution >= 4 is 7.82 Å². The second-order valence-corrected chi connectivity index (χ2v) is 5.66. The molecule has 6 heteroatoms. The second-order valence-electron chi connectivity index (χ2n) is 4.17. The van der Waals surface area contributed by atoms with Gasteiger partial charge in [0.1, 0.15) is 0 Å². The summed E-state index contributed by atoms with van der Waals surface area (Å²) >= 11 is 0. The van der Waals surface area contributed by atoms with Crippen LogP contribution in [0, 0.1) is 0 Å². The van der Waals surface area contributed by atoms with Crippen LogP contribution in [-0.2, 0) is 18.3 Å². The molecule has 92 valence electrons. The summed E-state index contributed by atoms with van der Waals surface area (Å²) in [6.07, 6.45) is 0.670. The van der Waals surface area contributed by atoms with Gasteiger partial charge in [-0.1, -0.05) is 0 Å². The van der Waals surface area contributed by atoms with Crippen LogP contribution in [0.25, 0.3) is 0 Å². The van der Waals surface area contributed by atoms with Gasteiger partial charge in [-0.05, 0) is 34.1 Å². The van der Waals surface area contributed by atoms with Crippen LogP contribution in [0.1, 0.15) is 34.1 Å². The molecule has 0 aromatic carbocycles. The second kappa shape index (κ2) is 5.97. The molecule has 0 bridgehead atoms. The van der Waals surface area contributed by atoms with Crippen molar-refractivity contribution in [2.75, 3.05) is 13.7 Å². The van der Waals surface area contributed by atoms with E-state index in [1.165, 1.54) is 0 Å². The molecule has 0 amide bonds. The van der Waals surface area contributed by atoms with Crippen LogP contribution in [0.4, 0.5) is 0 Å². The topological polar surface area (TPSA) is 65.0 Å². The Morgan fingerprint density at radius 2 is 1.93 bits per heavy atom. The standard InChI is InChI=1S/C9H21O5P/c1-8(2)13-7-6-9(3,4)14-15(10,11)12-5/h8H,6-7H2,1-5H3,(H,10,11). The summed E-state index contributed by atoms with van der Waals surface area (Å²) in [5.74, 6) is 0. The van der Waals surface area contributed by atoms with Gasteiger partial charge in [0.15, 0.2) is 0 Å². The Kier molecular flexibility index (Phi) is 5.99. The maximum atomic E-state index is 11.2. The van der Waals surface area contributed by atoms with Crippen LogP contribution < -0.4 is 0 Å². The van der Waals surface area contributed by atoms with Crippen LogP contribution >= 0.6 is 7.82 Å². The van der Waals surface area contributed by atoms with E-state index in [9.17, 15) is 4.57 Å². The average Bonchev–Trinajstić information content (AvgIpc) is 2.01. The average molecular weight is 240 g/mol. The third-order valence-corrected chi connectivity index (χ3v) is 2.93. The van der Waals surface area contributed by atoms with Gasteiger partial charge in [0, 0.05) is 13.7 Å². The van der Waals surface area contributed by atoms with Crippen molar-refractivity contribution in [2.24, 2.45) is 0 Å². The quantitative estimate of drug-likeness (QED) is 0.692. The monoisotopic (exact) mass is 240 g/mol. The molecule has 0 aromatic rings. The van der Waals surface area contributed by atoms with E-state index in [2.05, 4.69) is 4.52 Å². The van der Waals surface area contributed by atoms with E-state index >= 15 is 0 Å². The van der Waals surface area contributed by atoms with Crippen LogP contribution in [0.5, 0.6) is 0 Å². The third-order valence-electron chi connectivity index (χ3n) is 1.75. The van der Waals surface area contributed by atoms with Gasteiger partial charge in [-0.25, -0.2) is 4.57 Å². The van der Waals surface area contributed by atoms with Gasteiger partial charge in [-0.3, -0.25) is 9.05 Å². The Labute approximate surface area is 91.3 Å². The molecule has 1 N–H and O–H groups in total. The minimum Gasteiger partial charge on any atom is -0.379 e. The van der Waals surface area contributed by atoms with Crippen molar-refractivity contribution in [3.8, 4) is 0 Å². The van der Waals surface area contributed by atoms with Gasteiger partial charge in [0.05, 0.1) is 11.7 Å². The van der Waals surface area contributed by atoms with Gasteiger partial charge in [-0.15, -0.1) is 0 Å². The fourth-order valence-corrected chi connectivity index (χ4v) is 1.73. The number of phosphoric acid groups is 1. The molecule has 0 aromatic heterocycles. The molecule has 1 atom stereocenters. The normalized spacial score (nSPS) is 16.7. The summed E-state index contributed by atoms with van der Waals surface area (Å²) in [4.78, 5) is 9.14. The minimum absolute atomic E-state index is 0.143. The highest BCUT2D eigenvalue weighted by Crippen LogP contribution is 2.46. The zero-order valence-corrected chi connectivity index (χ0v) is 10.9. The Balaban J connectivity index is 4.02. The van der Waals surface area contributed by atoms with E-state index in [1.54, 1.807) is 13.8 Å². The van der Waals surface area contributed by atoms with Gasteiger partial charge in [0.25, 0.3) is 0 Å².